The van der Waals surface area contributed by atoms with Crippen molar-refractivity contribution in [2.45, 2.75) is 31.7 Å². The molecule has 2 aliphatic rings. The lowest BCUT2D eigenvalue weighted by Gasteiger charge is -2.24. The summed E-state index contributed by atoms with van der Waals surface area (Å²) in [5.41, 5.74) is 6.67. The molecule has 2 atom stereocenters. The number of carbonyl (C=O) groups excluding carboxylic acids is 2. The van der Waals surface area contributed by atoms with Gasteiger partial charge in [0, 0.05) is 43.5 Å². The summed E-state index contributed by atoms with van der Waals surface area (Å²) in [6.07, 6.45) is 3.52. The molecule has 22 heavy (non-hydrogen) atoms. The Balaban J connectivity index is 1.58. The highest BCUT2D eigenvalue weighted by molar-refractivity contribution is 7.08. The molecule has 0 aromatic carbocycles. The van der Waals surface area contributed by atoms with Gasteiger partial charge >= 0.3 is 0 Å². The molecule has 5 nitrogen and oxygen atoms in total. The molecule has 2 amide bonds. The second kappa shape index (κ2) is 6.79. The third kappa shape index (κ3) is 3.33. The van der Waals surface area contributed by atoms with Gasteiger partial charge in [0.15, 0.2) is 0 Å². The summed E-state index contributed by atoms with van der Waals surface area (Å²) >= 11 is 1.54. The Morgan fingerprint density at radius 2 is 1.91 bits per heavy atom. The van der Waals surface area contributed by atoms with Crippen molar-refractivity contribution in [3.8, 4) is 0 Å². The molecule has 2 N–H and O–H groups in total. The van der Waals surface area contributed by atoms with Crippen molar-refractivity contribution in [3.05, 3.63) is 22.4 Å². The first-order valence-corrected chi connectivity index (χ1v) is 8.95. The first-order chi connectivity index (χ1) is 10.6. The van der Waals surface area contributed by atoms with E-state index in [4.69, 9.17) is 5.73 Å². The standard InChI is InChI=1S/C16H23N3O2S/c17-14-3-2-12(10-14)15(20)18-5-1-6-19(8-7-18)16(21)13-4-9-22-11-13/h4,9,11-12,14H,1-3,5-8,10,17H2. The number of nitrogens with two attached hydrogens (primary N) is 1. The lowest BCUT2D eigenvalue weighted by molar-refractivity contribution is -0.135. The second-order valence-corrected chi connectivity index (χ2v) is 7.03. The fraction of sp³-hybridized carbons (Fsp3) is 0.625. The van der Waals surface area contributed by atoms with Gasteiger partial charge in [-0.25, -0.2) is 0 Å². The first-order valence-electron chi connectivity index (χ1n) is 8.01. The molecule has 120 valence electrons. The van der Waals surface area contributed by atoms with Crippen LogP contribution in [0.25, 0.3) is 0 Å². The van der Waals surface area contributed by atoms with E-state index in [-0.39, 0.29) is 23.8 Å². The van der Waals surface area contributed by atoms with Crippen LogP contribution in [0.4, 0.5) is 0 Å². The first kappa shape index (κ1) is 15.5. The number of hydrogen-bond donors (Lipinski definition) is 1. The lowest BCUT2D eigenvalue weighted by Crippen LogP contribution is -2.39. The predicted octanol–water partition coefficient (Wildman–Crippen LogP) is 1.55. The molecule has 1 saturated heterocycles. The maximum atomic E-state index is 12.6. The van der Waals surface area contributed by atoms with Gasteiger partial charge in [0.25, 0.3) is 5.91 Å². The molecule has 2 unspecified atom stereocenters. The van der Waals surface area contributed by atoms with Gasteiger partial charge in [-0.3, -0.25) is 9.59 Å². The van der Waals surface area contributed by atoms with Crippen molar-refractivity contribution >= 4 is 23.2 Å². The molecule has 1 aromatic heterocycles. The van der Waals surface area contributed by atoms with Crippen molar-refractivity contribution in [2.24, 2.45) is 11.7 Å². The second-order valence-electron chi connectivity index (χ2n) is 6.25. The summed E-state index contributed by atoms with van der Waals surface area (Å²) in [5, 5.41) is 3.81. The Labute approximate surface area is 135 Å². The average molecular weight is 321 g/mol. The molecule has 6 heteroatoms. The van der Waals surface area contributed by atoms with Crippen molar-refractivity contribution in [1.29, 1.82) is 0 Å². The van der Waals surface area contributed by atoms with E-state index in [1.54, 1.807) is 0 Å². The quantitative estimate of drug-likeness (QED) is 0.899. The normalized spacial score (nSPS) is 26.0. The summed E-state index contributed by atoms with van der Waals surface area (Å²) in [4.78, 5) is 28.8. The number of rotatable bonds is 2. The summed E-state index contributed by atoms with van der Waals surface area (Å²) in [6.45, 7) is 2.74. The number of nitrogens with zero attached hydrogens (tertiary/aromatic N) is 2. The third-order valence-corrected chi connectivity index (χ3v) is 5.37. The van der Waals surface area contributed by atoms with Crippen molar-refractivity contribution in [1.82, 2.24) is 9.80 Å². The molecule has 1 aliphatic carbocycles. The summed E-state index contributed by atoms with van der Waals surface area (Å²) in [5.74, 6) is 0.408. The molecule has 1 aromatic rings. The van der Waals surface area contributed by atoms with Gasteiger partial charge in [0.05, 0.1) is 5.56 Å². The van der Waals surface area contributed by atoms with Gasteiger partial charge in [-0.1, -0.05) is 0 Å². The fourth-order valence-electron chi connectivity index (χ4n) is 3.41. The van der Waals surface area contributed by atoms with E-state index in [1.165, 1.54) is 11.3 Å². The van der Waals surface area contributed by atoms with Crippen LogP contribution in [-0.4, -0.2) is 53.8 Å². The third-order valence-electron chi connectivity index (χ3n) is 4.69. The van der Waals surface area contributed by atoms with Crippen LogP contribution in [-0.2, 0) is 4.79 Å². The zero-order chi connectivity index (χ0) is 15.5. The zero-order valence-electron chi connectivity index (χ0n) is 12.7. The Kier molecular flexibility index (Phi) is 4.78. The van der Waals surface area contributed by atoms with Crippen LogP contribution in [0.2, 0.25) is 0 Å². The average Bonchev–Trinajstić information content (AvgIpc) is 3.13. The van der Waals surface area contributed by atoms with E-state index in [0.717, 1.165) is 44.3 Å². The summed E-state index contributed by atoms with van der Waals surface area (Å²) in [6, 6.07) is 2.04. The number of carbonyl (C=O) groups is 2. The van der Waals surface area contributed by atoms with E-state index in [0.29, 0.717) is 13.1 Å². The zero-order valence-corrected chi connectivity index (χ0v) is 13.6. The smallest absolute Gasteiger partial charge is 0.254 e. The SMILES string of the molecule is NC1CCC(C(=O)N2CCCN(C(=O)c3ccsc3)CC2)C1. The molecular formula is C16H23N3O2S. The van der Waals surface area contributed by atoms with E-state index in [2.05, 4.69) is 0 Å². The molecule has 1 saturated carbocycles. The highest BCUT2D eigenvalue weighted by atomic mass is 32.1. The molecule has 0 bridgehead atoms. The number of hydrogen-bond acceptors (Lipinski definition) is 4. The highest BCUT2D eigenvalue weighted by Gasteiger charge is 2.32. The van der Waals surface area contributed by atoms with Crippen LogP contribution < -0.4 is 5.73 Å². The Morgan fingerprint density at radius 1 is 1.14 bits per heavy atom. The minimum atomic E-state index is 0.0819. The van der Waals surface area contributed by atoms with Crippen molar-refractivity contribution in [3.63, 3.8) is 0 Å². The molecule has 1 aliphatic heterocycles. The molecular weight excluding hydrogens is 298 g/mol. The van der Waals surface area contributed by atoms with Gasteiger partial charge < -0.3 is 15.5 Å². The van der Waals surface area contributed by atoms with Gasteiger partial charge in [-0.2, -0.15) is 11.3 Å². The maximum absolute atomic E-state index is 12.6. The monoisotopic (exact) mass is 321 g/mol. The van der Waals surface area contributed by atoms with Crippen molar-refractivity contribution in [2.75, 3.05) is 26.2 Å². The molecule has 0 radical (unpaired) electrons. The Morgan fingerprint density at radius 3 is 2.59 bits per heavy atom. The van der Waals surface area contributed by atoms with Gasteiger partial charge in [0.2, 0.25) is 5.91 Å². The maximum Gasteiger partial charge on any atom is 0.254 e. The van der Waals surface area contributed by atoms with E-state index in [1.807, 2.05) is 26.6 Å². The largest absolute Gasteiger partial charge is 0.341 e. The minimum Gasteiger partial charge on any atom is -0.341 e. The molecule has 2 fully saturated rings. The van der Waals surface area contributed by atoms with Gasteiger partial charge in [-0.05, 0) is 37.1 Å². The Hall–Kier alpha value is -1.40. The Bertz CT molecular complexity index is 532. The number of thiophene rings is 1. The molecule has 0 spiro atoms. The lowest BCUT2D eigenvalue weighted by atomic mass is 10.1. The summed E-state index contributed by atoms with van der Waals surface area (Å²) < 4.78 is 0. The van der Waals surface area contributed by atoms with Crippen LogP contribution in [0.5, 0.6) is 0 Å². The highest BCUT2D eigenvalue weighted by Crippen LogP contribution is 2.26. The molecule has 2 heterocycles. The van der Waals surface area contributed by atoms with Gasteiger partial charge in [-0.15, -0.1) is 0 Å². The topological polar surface area (TPSA) is 66.6 Å². The van der Waals surface area contributed by atoms with Gasteiger partial charge in [0.1, 0.15) is 0 Å². The van der Waals surface area contributed by atoms with E-state index < -0.39 is 0 Å². The molecule has 3 rings (SSSR count). The predicted molar refractivity (Wildman–Crippen MR) is 86.7 cm³/mol. The minimum absolute atomic E-state index is 0.0819. The number of amides is 2. The fourth-order valence-corrected chi connectivity index (χ4v) is 4.04. The van der Waals surface area contributed by atoms with Crippen LogP contribution >= 0.6 is 11.3 Å². The van der Waals surface area contributed by atoms with Crippen LogP contribution in [0, 0.1) is 5.92 Å². The summed E-state index contributed by atoms with van der Waals surface area (Å²) in [7, 11) is 0. The van der Waals surface area contributed by atoms with Crippen LogP contribution in [0.15, 0.2) is 16.8 Å². The van der Waals surface area contributed by atoms with E-state index >= 15 is 0 Å². The van der Waals surface area contributed by atoms with Crippen molar-refractivity contribution < 1.29 is 9.59 Å². The van der Waals surface area contributed by atoms with E-state index in [9.17, 15) is 9.59 Å². The van der Waals surface area contributed by atoms with Crippen LogP contribution in [0.1, 0.15) is 36.0 Å². The van der Waals surface area contributed by atoms with Crippen LogP contribution in [0.3, 0.4) is 0 Å².